The Labute approximate surface area is 158 Å². The topological polar surface area (TPSA) is 93.5 Å². The molecule has 0 aromatic heterocycles. The van der Waals surface area contributed by atoms with Gasteiger partial charge in [0.1, 0.15) is 5.69 Å². The quantitative estimate of drug-likeness (QED) is 0.378. The summed E-state index contributed by atoms with van der Waals surface area (Å²) in [4.78, 5) is 23.3. The Kier molecular flexibility index (Phi) is 7.76. The van der Waals surface area contributed by atoms with E-state index in [1.165, 1.54) is 6.07 Å². The summed E-state index contributed by atoms with van der Waals surface area (Å²) in [7, 11) is 1.56. The lowest BCUT2D eigenvalue weighted by Crippen LogP contribution is -2.28. The maximum atomic E-state index is 12.5. The van der Waals surface area contributed by atoms with Gasteiger partial charge in [-0.05, 0) is 24.1 Å². The van der Waals surface area contributed by atoms with Crippen LogP contribution < -0.4 is 10.6 Å². The van der Waals surface area contributed by atoms with Crippen LogP contribution in [0, 0.1) is 10.1 Å². The SMILES string of the molecule is CCC(CNC(=O)c1ccc(NCCOC)c([N+](=O)[O-])c1)c1ccccc1. The highest BCUT2D eigenvalue weighted by Crippen LogP contribution is 2.25. The molecule has 0 aliphatic heterocycles. The van der Waals surface area contributed by atoms with Crippen molar-refractivity contribution in [1.82, 2.24) is 5.32 Å². The van der Waals surface area contributed by atoms with Gasteiger partial charge in [-0.2, -0.15) is 0 Å². The standard InChI is InChI=1S/C20H25N3O4/c1-3-15(16-7-5-4-6-8-16)14-22-20(24)17-9-10-18(21-11-12-27-2)19(13-17)23(25)26/h4-10,13,15,21H,3,11-12,14H2,1-2H3,(H,22,24). The van der Waals surface area contributed by atoms with E-state index in [0.717, 1.165) is 12.0 Å². The van der Waals surface area contributed by atoms with Gasteiger partial charge in [-0.3, -0.25) is 14.9 Å². The fraction of sp³-hybridized carbons (Fsp3) is 0.350. The van der Waals surface area contributed by atoms with E-state index in [9.17, 15) is 14.9 Å². The van der Waals surface area contributed by atoms with Gasteiger partial charge in [0.05, 0.1) is 11.5 Å². The van der Waals surface area contributed by atoms with Crippen LogP contribution in [0.5, 0.6) is 0 Å². The van der Waals surface area contributed by atoms with E-state index < -0.39 is 4.92 Å². The van der Waals surface area contributed by atoms with Crippen LogP contribution in [0.25, 0.3) is 0 Å². The third-order valence-electron chi connectivity index (χ3n) is 4.35. The van der Waals surface area contributed by atoms with Gasteiger partial charge in [0.2, 0.25) is 0 Å². The zero-order chi connectivity index (χ0) is 19.6. The molecule has 0 heterocycles. The molecule has 1 atom stereocenters. The van der Waals surface area contributed by atoms with Gasteiger partial charge >= 0.3 is 0 Å². The van der Waals surface area contributed by atoms with Crippen LogP contribution in [-0.2, 0) is 4.74 Å². The summed E-state index contributed by atoms with van der Waals surface area (Å²) < 4.78 is 4.93. The summed E-state index contributed by atoms with van der Waals surface area (Å²) in [5, 5.41) is 17.2. The van der Waals surface area contributed by atoms with Crippen molar-refractivity contribution in [2.24, 2.45) is 0 Å². The smallest absolute Gasteiger partial charge is 0.293 e. The minimum atomic E-state index is -0.495. The number of ether oxygens (including phenoxy) is 1. The molecular formula is C20H25N3O4. The Balaban J connectivity index is 2.07. The lowest BCUT2D eigenvalue weighted by Gasteiger charge is -2.16. The molecule has 0 aliphatic carbocycles. The number of carbonyl (C=O) groups is 1. The second kappa shape index (κ2) is 10.3. The first-order valence-electron chi connectivity index (χ1n) is 8.91. The fourth-order valence-electron chi connectivity index (χ4n) is 2.80. The van der Waals surface area contributed by atoms with Crippen molar-refractivity contribution in [3.05, 3.63) is 69.8 Å². The third-order valence-corrected chi connectivity index (χ3v) is 4.35. The molecular weight excluding hydrogens is 346 g/mol. The molecule has 27 heavy (non-hydrogen) atoms. The fourth-order valence-corrected chi connectivity index (χ4v) is 2.80. The molecule has 1 amide bonds. The first-order chi connectivity index (χ1) is 13.1. The molecule has 0 fully saturated rings. The Hall–Kier alpha value is -2.93. The number of benzene rings is 2. The number of rotatable bonds is 10. The highest BCUT2D eigenvalue weighted by atomic mass is 16.6. The number of hydrogen-bond acceptors (Lipinski definition) is 5. The lowest BCUT2D eigenvalue weighted by molar-refractivity contribution is -0.384. The summed E-state index contributed by atoms with van der Waals surface area (Å²) in [6.07, 6.45) is 0.882. The molecule has 0 radical (unpaired) electrons. The predicted octanol–water partition coefficient (Wildman–Crippen LogP) is 3.58. The Morgan fingerprint density at radius 1 is 1.22 bits per heavy atom. The van der Waals surface area contributed by atoms with E-state index >= 15 is 0 Å². The van der Waals surface area contributed by atoms with Gasteiger partial charge in [-0.1, -0.05) is 37.3 Å². The van der Waals surface area contributed by atoms with Crippen LogP contribution in [0.3, 0.4) is 0 Å². The average molecular weight is 371 g/mol. The number of hydrogen-bond donors (Lipinski definition) is 2. The number of nitrogens with zero attached hydrogens (tertiary/aromatic N) is 1. The van der Waals surface area contributed by atoms with Crippen LogP contribution in [-0.4, -0.2) is 37.6 Å². The second-order valence-corrected chi connectivity index (χ2v) is 6.13. The van der Waals surface area contributed by atoms with Crippen LogP contribution in [0.1, 0.15) is 35.2 Å². The number of nitrogens with one attached hydrogen (secondary N) is 2. The molecule has 0 spiro atoms. The lowest BCUT2D eigenvalue weighted by atomic mass is 9.96. The summed E-state index contributed by atoms with van der Waals surface area (Å²) in [5.74, 6) is -0.129. The Morgan fingerprint density at radius 2 is 1.96 bits per heavy atom. The predicted molar refractivity (Wildman–Crippen MR) is 105 cm³/mol. The summed E-state index contributed by atoms with van der Waals surface area (Å²) >= 11 is 0. The number of nitro groups is 1. The van der Waals surface area contributed by atoms with Crippen LogP contribution >= 0.6 is 0 Å². The van der Waals surface area contributed by atoms with E-state index in [2.05, 4.69) is 17.6 Å². The minimum Gasteiger partial charge on any atom is -0.383 e. The number of nitro benzene ring substituents is 1. The van der Waals surface area contributed by atoms with Crippen molar-refractivity contribution >= 4 is 17.3 Å². The molecule has 7 nitrogen and oxygen atoms in total. The van der Waals surface area contributed by atoms with Gasteiger partial charge in [0, 0.05) is 37.7 Å². The van der Waals surface area contributed by atoms with Crippen LogP contribution in [0.15, 0.2) is 48.5 Å². The molecule has 144 valence electrons. The summed E-state index contributed by atoms with van der Waals surface area (Å²) in [6.45, 7) is 3.41. The zero-order valence-corrected chi connectivity index (χ0v) is 15.6. The number of anilines is 1. The van der Waals surface area contributed by atoms with E-state index in [-0.39, 0.29) is 23.1 Å². The van der Waals surface area contributed by atoms with Crippen molar-refractivity contribution in [3.8, 4) is 0 Å². The van der Waals surface area contributed by atoms with Crippen LogP contribution in [0.2, 0.25) is 0 Å². The maximum absolute atomic E-state index is 12.5. The van der Waals surface area contributed by atoms with Gasteiger partial charge in [-0.25, -0.2) is 0 Å². The van der Waals surface area contributed by atoms with E-state index in [0.29, 0.717) is 25.4 Å². The zero-order valence-electron chi connectivity index (χ0n) is 15.6. The van der Waals surface area contributed by atoms with Gasteiger partial charge in [0.15, 0.2) is 0 Å². The normalized spacial score (nSPS) is 11.6. The van der Waals surface area contributed by atoms with Crippen molar-refractivity contribution < 1.29 is 14.5 Å². The van der Waals surface area contributed by atoms with Crippen molar-refractivity contribution in [1.29, 1.82) is 0 Å². The van der Waals surface area contributed by atoms with Crippen molar-refractivity contribution in [3.63, 3.8) is 0 Å². The second-order valence-electron chi connectivity index (χ2n) is 6.13. The number of amides is 1. The van der Waals surface area contributed by atoms with Gasteiger partial charge in [-0.15, -0.1) is 0 Å². The Morgan fingerprint density at radius 3 is 2.59 bits per heavy atom. The first-order valence-corrected chi connectivity index (χ1v) is 8.91. The molecule has 2 N–H and O–H groups in total. The molecule has 2 aromatic rings. The molecule has 0 saturated carbocycles. The third kappa shape index (κ3) is 5.79. The highest BCUT2D eigenvalue weighted by molar-refractivity contribution is 5.95. The first kappa shape index (κ1) is 20.4. The molecule has 0 aliphatic rings. The highest BCUT2D eigenvalue weighted by Gasteiger charge is 2.18. The molecule has 1 unspecified atom stereocenters. The van der Waals surface area contributed by atoms with Gasteiger partial charge in [0.25, 0.3) is 11.6 Å². The average Bonchev–Trinajstić information content (AvgIpc) is 2.69. The molecule has 2 rings (SSSR count). The number of methoxy groups -OCH3 is 1. The molecule has 0 bridgehead atoms. The van der Waals surface area contributed by atoms with Crippen molar-refractivity contribution in [2.75, 3.05) is 32.1 Å². The molecule has 0 saturated heterocycles. The summed E-state index contributed by atoms with van der Waals surface area (Å²) in [5.41, 5.74) is 1.66. The van der Waals surface area contributed by atoms with E-state index in [1.54, 1.807) is 19.2 Å². The minimum absolute atomic E-state index is 0.131. The number of carbonyl (C=O) groups excluding carboxylic acids is 1. The van der Waals surface area contributed by atoms with Crippen molar-refractivity contribution in [2.45, 2.75) is 19.3 Å². The monoisotopic (exact) mass is 371 g/mol. The maximum Gasteiger partial charge on any atom is 0.293 e. The van der Waals surface area contributed by atoms with Crippen LogP contribution in [0.4, 0.5) is 11.4 Å². The van der Waals surface area contributed by atoms with E-state index in [4.69, 9.17) is 4.74 Å². The van der Waals surface area contributed by atoms with Gasteiger partial charge < -0.3 is 15.4 Å². The molecule has 7 heteroatoms. The molecule has 2 aromatic carbocycles. The Bertz CT molecular complexity index is 765. The summed E-state index contributed by atoms with van der Waals surface area (Å²) in [6, 6.07) is 14.4. The largest absolute Gasteiger partial charge is 0.383 e. The van der Waals surface area contributed by atoms with E-state index in [1.807, 2.05) is 30.3 Å².